The molecule has 224 valence electrons. The Kier molecular flexibility index (Phi) is 9.57. The minimum atomic E-state index is -0.267. The number of carbonyl (C=O) groups excluding carboxylic acids is 1. The third kappa shape index (κ3) is 6.81. The van der Waals surface area contributed by atoms with Gasteiger partial charge in [-0.1, -0.05) is 26.0 Å². The van der Waals surface area contributed by atoms with Crippen LogP contribution in [0.1, 0.15) is 43.4 Å². The number of benzene rings is 3. The van der Waals surface area contributed by atoms with Gasteiger partial charge < -0.3 is 19.1 Å². The van der Waals surface area contributed by atoms with Gasteiger partial charge in [-0.3, -0.25) is 9.59 Å². The number of hydrogen-bond donors (Lipinski definition) is 0. The summed E-state index contributed by atoms with van der Waals surface area (Å²) in [6.07, 6.45) is 1.61. The molecule has 1 saturated heterocycles. The molecule has 9 nitrogen and oxygen atoms in total. The Morgan fingerprint density at radius 2 is 1.86 bits per heavy atom. The smallest absolute Gasteiger partial charge is 0.282 e. The summed E-state index contributed by atoms with van der Waals surface area (Å²) in [7, 11) is 0. The maximum atomic E-state index is 13.8. The molecular formula is C33H35BrN4O5. The first-order chi connectivity index (χ1) is 20.8. The molecule has 0 radical (unpaired) electrons. The van der Waals surface area contributed by atoms with Crippen LogP contribution in [0.3, 0.4) is 0 Å². The summed E-state index contributed by atoms with van der Waals surface area (Å²) in [5.74, 6) is 1.93. The van der Waals surface area contributed by atoms with Gasteiger partial charge in [0.05, 0.1) is 41.4 Å². The van der Waals surface area contributed by atoms with Gasteiger partial charge >= 0.3 is 0 Å². The van der Waals surface area contributed by atoms with Gasteiger partial charge in [-0.25, -0.2) is 4.98 Å². The van der Waals surface area contributed by atoms with Gasteiger partial charge in [0.15, 0.2) is 12.4 Å². The van der Waals surface area contributed by atoms with E-state index in [0.717, 1.165) is 28.0 Å². The van der Waals surface area contributed by atoms with Crippen LogP contribution >= 0.6 is 15.9 Å². The Morgan fingerprint density at radius 1 is 1.09 bits per heavy atom. The molecule has 0 aliphatic carbocycles. The largest absolute Gasteiger partial charge is 0.494 e. The first-order valence-electron chi connectivity index (χ1n) is 14.4. The van der Waals surface area contributed by atoms with E-state index in [-0.39, 0.29) is 24.0 Å². The molecule has 0 atom stereocenters. The number of carbonyl (C=O) groups is 1. The van der Waals surface area contributed by atoms with E-state index in [1.165, 1.54) is 4.68 Å². The molecule has 0 spiro atoms. The fraction of sp³-hybridized carbons (Fsp3) is 0.333. The number of halogens is 1. The van der Waals surface area contributed by atoms with Crippen molar-refractivity contribution in [2.45, 2.75) is 33.6 Å². The van der Waals surface area contributed by atoms with E-state index in [1.54, 1.807) is 23.2 Å². The minimum absolute atomic E-state index is 0.0622. The zero-order valence-electron chi connectivity index (χ0n) is 24.8. The summed E-state index contributed by atoms with van der Waals surface area (Å²) in [6, 6.07) is 16.7. The van der Waals surface area contributed by atoms with Crippen molar-refractivity contribution in [3.8, 4) is 22.9 Å². The fourth-order valence-electron chi connectivity index (χ4n) is 4.96. The van der Waals surface area contributed by atoms with Crippen LogP contribution in [0.2, 0.25) is 0 Å². The van der Waals surface area contributed by atoms with Gasteiger partial charge in [-0.05, 0) is 94.9 Å². The predicted octanol–water partition coefficient (Wildman–Crippen LogP) is 5.78. The Bertz CT molecular complexity index is 1730. The van der Waals surface area contributed by atoms with Crippen LogP contribution in [0.15, 0.2) is 69.0 Å². The predicted molar refractivity (Wildman–Crippen MR) is 171 cm³/mol. The third-order valence-corrected chi connectivity index (χ3v) is 7.89. The van der Waals surface area contributed by atoms with Crippen LogP contribution in [0.5, 0.6) is 11.5 Å². The molecule has 1 fully saturated rings. The highest BCUT2D eigenvalue weighted by Gasteiger charge is 2.20. The Hall–Kier alpha value is -4.02. The SMILES string of the molecule is CCOc1cc(C)c(-c2nc3ccccc3c(=O)n2N=Cc2ccc(OCC(=O)N3CCOCC3)c(Br)c2)cc1C(C)C. The van der Waals surface area contributed by atoms with Crippen LogP contribution in [0, 0.1) is 6.92 Å². The number of fused-ring (bicyclic) bond motifs is 1. The lowest BCUT2D eigenvalue weighted by Gasteiger charge is -2.26. The highest BCUT2D eigenvalue weighted by molar-refractivity contribution is 9.10. The molecule has 5 rings (SSSR count). The molecule has 2 heterocycles. The van der Waals surface area contributed by atoms with Gasteiger partial charge in [0, 0.05) is 18.7 Å². The second kappa shape index (κ2) is 13.5. The molecule has 0 unspecified atom stereocenters. The summed E-state index contributed by atoms with van der Waals surface area (Å²) in [6.45, 7) is 10.9. The molecule has 3 aromatic carbocycles. The van der Waals surface area contributed by atoms with E-state index in [2.05, 4.69) is 40.9 Å². The van der Waals surface area contributed by atoms with Crippen LogP contribution in [-0.4, -0.2) is 66.2 Å². The summed E-state index contributed by atoms with van der Waals surface area (Å²) in [5, 5.41) is 5.11. The standard InChI is InChI=1S/C33H35BrN4O5/c1-5-42-30-16-22(4)26(18-25(30)21(2)3)32-36-28-9-7-6-8-24(28)33(40)38(32)35-19-23-10-11-29(27(34)17-23)43-20-31(39)37-12-14-41-15-13-37/h6-11,16-19,21H,5,12-15,20H2,1-4H3. The van der Waals surface area contributed by atoms with Gasteiger partial charge in [-0.2, -0.15) is 9.78 Å². The van der Waals surface area contributed by atoms with E-state index in [4.69, 9.17) is 19.2 Å². The van der Waals surface area contributed by atoms with Gasteiger partial charge in [0.2, 0.25) is 0 Å². The molecule has 1 aromatic heterocycles. The van der Waals surface area contributed by atoms with Gasteiger partial charge in [0.1, 0.15) is 11.5 Å². The fourth-order valence-corrected chi connectivity index (χ4v) is 5.47. The zero-order chi connectivity index (χ0) is 30.5. The van der Waals surface area contributed by atoms with E-state index < -0.39 is 0 Å². The highest BCUT2D eigenvalue weighted by atomic mass is 79.9. The van der Waals surface area contributed by atoms with Crippen molar-refractivity contribution in [2.75, 3.05) is 39.5 Å². The number of hydrogen-bond acceptors (Lipinski definition) is 7. The first-order valence-corrected chi connectivity index (χ1v) is 15.2. The van der Waals surface area contributed by atoms with Gasteiger partial charge in [-0.15, -0.1) is 0 Å². The maximum Gasteiger partial charge on any atom is 0.282 e. The molecule has 1 aliphatic rings. The van der Waals surface area contributed by atoms with Gasteiger partial charge in [0.25, 0.3) is 11.5 Å². The lowest BCUT2D eigenvalue weighted by atomic mass is 9.96. The Balaban J connectivity index is 1.49. The van der Waals surface area contributed by atoms with E-state index >= 15 is 0 Å². The van der Waals surface area contributed by atoms with Crippen molar-refractivity contribution in [1.29, 1.82) is 0 Å². The van der Waals surface area contributed by atoms with Crippen molar-refractivity contribution in [3.63, 3.8) is 0 Å². The number of morpholine rings is 1. The first kappa shape index (κ1) is 30.4. The Labute approximate surface area is 259 Å². The monoisotopic (exact) mass is 646 g/mol. The number of para-hydroxylation sites is 1. The highest BCUT2D eigenvalue weighted by Crippen LogP contribution is 2.34. The minimum Gasteiger partial charge on any atom is -0.494 e. The van der Waals surface area contributed by atoms with Crippen LogP contribution < -0.4 is 15.0 Å². The summed E-state index contributed by atoms with van der Waals surface area (Å²) in [5.41, 5.74) is 3.83. The normalized spacial score (nSPS) is 13.7. The van der Waals surface area contributed by atoms with Crippen molar-refractivity contribution in [1.82, 2.24) is 14.6 Å². The number of amides is 1. The van der Waals surface area contributed by atoms with Crippen molar-refractivity contribution < 1.29 is 19.0 Å². The van der Waals surface area contributed by atoms with Crippen molar-refractivity contribution in [3.05, 3.63) is 86.1 Å². The lowest BCUT2D eigenvalue weighted by molar-refractivity contribution is -0.137. The maximum absolute atomic E-state index is 13.8. The summed E-state index contributed by atoms with van der Waals surface area (Å²) < 4.78 is 19.0. The quantitative estimate of drug-likeness (QED) is 0.214. The van der Waals surface area contributed by atoms with Crippen molar-refractivity contribution >= 4 is 39.0 Å². The summed E-state index contributed by atoms with van der Waals surface area (Å²) >= 11 is 3.54. The summed E-state index contributed by atoms with van der Waals surface area (Å²) in [4.78, 5) is 32.9. The Morgan fingerprint density at radius 3 is 2.58 bits per heavy atom. The number of ether oxygens (including phenoxy) is 3. The molecular weight excluding hydrogens is 612 g/mol. The molecule has 10 heteroatoms. The zero-order valence-corrected chi connectivity index (χ0v) is 26.4. The molecule has 0 saturated carbocycles. The van der Waals surface area contributed by atoms with Crippen molar-refractivity contribution in [2.24, 2.45) is 5.10 Å². The third-order valence-electron chi connectivity index (χ3n) is 7.27. The van der Waals surface area contributed by atoms with E-state index in [0.29, 0.717) is 59.9 Å². The average molecular weight is 648 g/mol. The molecule has 4 aromatic rings. The average Bonchev–Trinajstić information content (AvgIpc) is 3.00. The number of aromatic nitrogens is 2. The lowest BCUT2D eigenvalue weighted by Crippen LogP contribution is -2.43. The molecule has 0 bridgehead atoms. The van der Waals surface area contributed by atoms with Crippen LogP contribution in [0.25, 0.3) is 22.3 Å². The topological polar surface area (TPSA) is 95.2 Å². The number of nitrogens with zero attached hydrogens (tertiary/aromatic N) is 4. The van der Waals surface area contributed by atoms with Crippen LogP contribution in [-0.2, 0) is 9.53 Å². The number of aryl methyl sites for hydroxylation is 1. The molecule has 43 heavy (non-hydrogen) atoms. The van der Waals surface area contributed by atoms with Crippen LogP contribution in [0.4, 0.5) is 0 Å². The molecule has 1 amide bonds. The van der Waals surface area contributed by atoms with E-state index in [1.807, 2.05) is 50.2 Å². The number of rotatable bonds is 9. The second-order valence-corrected chi connectivity index (χ2v) is 11.4. The molecule has 0 N–H and O–H groups in total. The van der Waals surface area contributed by atoms with E-state index in [9.17, 15) is 9.59 Å². The molecule has 1 aliphatic heterocycles. The second-order valence-electron chi connectivity index (χ2n) is 10.6.